The summed E-state index contributed by atoms with van der Waals surface area (Å²) in [5.41, 5.74) is 3.00. The second-order valence-corrected chi connectivity index (χ2v) is 9.64. The van der Waals surface area contributed by atoms with Crippen LogP contribution >= 0.6 is 22.7 Å². The van der Waals surface area contributed by atoms with Crippen molar-refractivity contribution in [3.05, 3.63) is 74.3 Å². The van der Waals surface area contributed by atoms with Gasteiger partial charge in [-0.2, -0.15) is 5.26 Å². The lowest BCUT2D eigenvalue weighted by Gasteiger charge is -2.17. The molecule has 3 aromatic rings. The number of nitrogens with two attached hydrogens (primary N) is 1. The Bertz CT molecular complexity index is 1020. The van der Waals surface area contributed by atoms with E-state index in [-0.39, 0.29) is 11.9 Å². The van der Waals surface area contributed by atoms with Crippen molar-refractivity contribution in [3.63, 3.8) is 0 Å². The Kier molecular flexibility index (Phi) is 6.10. The van der Waals surface area contributed by atoms with Gasteiger partial charge in [0.2, 0.25) is 0 Å². The maximum atomic E-state index is 12.7. The molecule has 6 heteroatoms. The van der Waals surface area contributed by atoms with Crippen molar-refractivity contribution >= 4 is 33.6 Å². The number of amides is 1. The van der Waals surface area contributed by atoms with Crippen LogP contribution in [0.15, 0.2) is 47.8 Å². The summed E-state index contributed by atoms with van der Waals surface area (Å²) in [4.78, 5) is 15.2. The molecule has 1 aliphatic rings. The van der Waals surface area contributed by atoms with E-state index >= 15 is 0 Å². The molecular weight excluding hydrogens is 398 g/mol. The number of nitriles is 1. The van der Waals surface area contributed by atoms with Crippen molar-refractivity contribution in [2.75, 3.05) is 11.9 Å². The van der Waals surface area contributed by atoms with E-state index < -0.39 is 0 Å². The van der Waals surface area contributed by atoms with Crippen LogP contribution in [0.25, 0.3) is 0 Å². The molecule has 0 fully saturated rings. The highest BCUT2D eigenvalue weighted by molar-refractivity contribution is 7.16. The Hall–Kier alpha value is -2.46. The van der Waals surface area contributed by atoms with Gasteiger partial charge in [-0.3, -0.25) is 4.79 Å². The average molecular weight is 423 g/mol. The van der Waals surface area contributed by atoms with Crippen LogP contribution in [0.2, 0.25) is 0 Å². The van der Waals surface area contributed by atoms with Gasteiger partial charge in [0.05, 0.1) is 10.4 Å². The average Bonchev–Trinajstić information content (AvgIpc) is 3.36. The zero-order valence-corrected chi connectivity index (χ0v) is 18.0. The number of benzene rings is 1. The first kappa shape index (κ1) is 19.8. The number of nitrogens with zero attached hydrogens (tertiary/aromatic N) is 1. The maximum absolute atomic E-state index is 12.7. The molecule has 0 spiro atoms. The van der Waals surface area contributed by atoms with Crippen LogP contribution in [0.5, 0.6) is 0 Å². The number of fused-ring (bicyclic) bond motifs is 1. The van der Waals surface area contributed by atoms with Crippen LogP contribution in [-0.4, -0.2) is 12.5 Å². The van der Waals surface area contributed by atoms with Crippen molar-refractivity contribution < 1.29 is 10.1 Å². The second-order valence-electron chi connectivity index (χ2n) is 7.56. The minimum atomic E-state index is -0.0642. The summed E-state index contributed by atoms with van der Waals surface area (Å²) >= 11 is 3.28. The lowest BCUT2D eigenvalue weighted by atomic mass is 9.89. The minimum Gasteiger partial charge on any atom is -0.328 e. The molecule has 0 bridgehead atoms. The molecule has 29 heavy (non-hydrogen) atoms. The van der Waals surface area contributed by atoms with Crippen LogP contribution in [0.1, 0.15) is 45.8 Å². The summed E-state index contributed by atoms with van der Waals surface area (Å²) in [5, 5.41) is 17.5. The Morgan fingerprint density at radius 1 is 1.31 bits per heavy atom. The van der Waals surface area contributed by atoms with Gasteiger partial charge in [-0.05, 0) is 42.2 Å². The van der Waals surface area contributed by atoms with Crippen LogP contribution in [-0.2, 0) is 17.6 Å². The molecule has 3 N–H and O–H groups in total. The van der Waals surface area contributed by atoms with Crippen LogP contribution in [0.3, 0.4) is 0 Å². The molecular formula is C23H24N3OS2+. The van der Waals surface area contributed by atoms with Gasteiger partial charge in [-0.15, -0.1) is 22.7 Å². The highest BCUT2D eigenvalue weighted by Crippen LogP contribution is 2.39. The van der Waals surface area contributed by atoms with E-state index in [4.69, 9.17) is 0 Å². The van der Waals surface area contributed by atoms with Gasteiger partial charge in [0.15, 0.2) is 6.54 Å². The zero-order valence-electron chi connectivity index (χ0n) is 16.4. The van der Waals surface area contributed by atoms with E-state index in [1.165, 1.54) is 15.3 Å². The number of carbonyl (C=O) groups is 1. The van der Waals surface area contributed by atoms with Crippen molar-refractivity contribution in [1.82, 2.24) is 0 Å². The van der Waals surface area contributed by atoms with Crippen LogP contribution in [0.4, 0.5) is 5.00 Å². The molecule has 0 saturated carbocycles. The lowest BCUT2D eigenvalue weighted by Crippen LogP contribution is -2.87. The number of rotatable bonds is 6. The van der Waals surface area contributed by atoms with Gasteiger partial charge in [0.1, 0.15) is 17.1 Å². The van der Waals surface area contributed by atoms with Gasteiger partial charge in [0.25, 0.3) is 5.91 Å². The Morgan fingerprint density at radius 3 is 2.86 bits per heavy atom. The number of quaternary nitrogens is 1. The molecule has 0 aliphatic heterocycles. The fourth-order valence-corrected chi connectivity index (χ4v) is 6.13. The molecule has 0 saturated heterocycles. The SMILES string of the molecule is C[C@@H]1CCc2c(sc(NC(=O)C[NH2+][C@@H](c3ccccc3)c3cccs3)c2C#N)C1. The fourth-order valence-electron chi connectivity index (χ4n) is 3.90. The van der Waals surface area contributed by atoms with E-state index in [0.29, 0.717) is 18.0 Å². The first-order valence-electron chi connectivity index (χ1n) is 9.92. The number of nitrogens with one attached hydrogen (secondary N) is 1. The molecule has 1 aromatic carbocycles. The van der Waals surface area contributed by atoms with E-state index in [1.54, 1.807) is 22.7 Å². The van der Waals surface area contributed by atoms with Crippen molar-refractivity contribution in [3.8, 4) is 6.07 Å². The summed E-state index contributed by atoms with van der Waals surface area (Å²) in [5.74, 6) is 0.577. The highest BCUT2D eigenvalue weighted by Gasteiger charge is 2.25. The predicted octanol–water partition coefficient (Wildman–Crippen LogP) is 4.10. The van der Waals surface area contributed by atoms with Crippen molar-refractivity contribution in [2.45, 2.75) is 32.2 Å². The highest BCUT2D eigenvalue weighted by atomic mass is 32.1. The van der Waals surface area contributed by atoms with Gasteiger partial charge >= 0.3 is 0 Å². The first-order valence-corrected chi connectivity index (χ1v) is 11.6. The number of carbonyl (C=O) groups excluding carboxylic acids is 1. The summed E-state index contributed by atoms with van der Waals surface area (Å²) < 4.78 is 0. The van der Waals surface area contributed by atoms with Gasteiger partial charge in [-0.1, -0.05) is 43.3 Å². The predicted molar refractivity (Wildman–Crippen MR) is 118 cm³/mol. The number of thiophene rings is 2. The molecule has 1 amide bonds. The van der Waals surface area contributed by atoms with E-state index in [2.05, 4.69) is 47.2 Å². The topological polar surface area (TPSA) is 69.5 Å². The van der Waals surface area contributed by atoms with E-state index in [9.17, 15) is 10.1 Å². The first-order chi connectivity index (χ1) is 14.2. The summed E-state index contributed by atoms with van der Waals surface area (Å²) in [6.07, 6.45) is 3.05. The fraction of sp³-hybridized carbons (Fsp3) is 0.304. The van der Waals surface area contributed by atoms with Gasteiger partial charge in [-0.25, -0.2) is 0 Å². The second kappa shape index (κ2) is 8.91. The number of hydrogen-bond donors (Lipinski definition) is 2. The number of anilines is 1. The normalized spacial score (nSPS) is 16.6. The lowest BCUT2D eigenvalue weighted by molar-refractivity contribution is -0.675. The third-order valence-corrected chi connectivity index (χ3v) is 7.55. The number of hydrogen-bond acceptors (Lipinski definition) is 4. The largest absolute Gasteiger partial charge is 0.328 e. The van der Waals surface area contributed by atoms with Gasteiger partial charge < -0.3 is 10.6 Å². The Morgan fingerprint density at radius 2 is 2.14 bits per heavy atom. The summed E-state index contributed by atoms with van der Waals surface area (Å²) in [6, 6.07) is 16.8. The monoisotopic (exact) mass is 422 g/mol. The molecule has 148 valence electrons. The third-order valence-electron chi connectivity index (χ3n) is 5.42. The molecule has 2 atom stereocenters. The molecule has 1 aliphatic carbocycles. The van der Waals surface area contributed by atoms with Crippen LogP contribution < -0.4 is 10.6 Å². The Balaban J connectivity index is 1.47. The molecule has 4 nitrogen and oxygen atoms in total. The standard InChI is InChI=1S/C23H23N3OS2/c1-15-9-10-17-18(13-24)23(29-20(17)12-15)26-21(27)14-25-22(19-8-5-11-28-19)16-6-3-2-4-7-16/h2-8,11,15,22,25H,9-10,12,14H2,1H3,(H,26,27)/p+1/t15-,22+/m1/s1. The maximum Gasteiger partial charge on any atom is 0.280 e. The quantitative estimate of drug-likeness (QED) is 0.628. The molecule has 0 radical (unpaired) electrons. The Labute approximate surface area is 179 Å². The van der Waals surface area contributed by atoms with Gasteiger partial charge in [0, 0.05) is 10.4 Å². The zero-order chi connectivity index (χ0) is 20.2. The van der Waals surface area contributed by atoms with E-state index in [1.807, 2.05) is 24.3 Å². The van der Waals surface area contributed by atoms with Crippen molar-refractivity contribution in [1.29, 1.82) is 5.26 Å². The van der Waals surface area contributed by atoms with E-state index in [0.717, 1.165) is 29.8 Å². The summed E-state index contributed by atoms with van der Waals surface area (Å²) in [6.45, 7) is 2.55. The molecule has 4 rings (SSSR count). The third kappa shape index (κ3) is 4.43. The molecule has 2 heterocycles. The van der Waals surface area contributed by atoms with Crippen LogP contribution in [0, 0.1) is 17.2 Å². The van der Waals surface area contributed by atoms with Crippen molar-refractivity contribution in [2.24, 2.45) is 5.92 Å². The smallest absolute Gasteiger partial charge is 0.280 e. The minimum absolute atomic E-state index is 0.0642. The summed E-state index contributed by atoms with van der Waals surface area (Å²) in [7, 11) is 0. The molecule has 0 unspecified atom stereocenters. The molecule has 2 aromatic heterocycles.